The van der Waals surface area contributed by atoms with Gasteiger partial charge in [-0.25, -0.2) is 4.98 Å². The molecule has 2 heterocycles. The quantitative estimate of drug-likeness (QED) is 0.719. The van der Waals surface area contributed by atoms with Gasteiger partial charge in [0.05, 0.1) is 11.0 Å². The summed E-state index contributed by atoms with van der Waals surface area (Å²) in [5.74, 6) is 0.794. The van der Waals surface area contributed by atoms with Crippen LogP contribution in [0.4, 0.5) is 5.95 Å². The number of fused-ring (bicyclic) bond motifs is 1. The van der Waals surface area contributed by atoms with E-state index in [4.69, 9.17) is 0 Å². The second-order valence-corrected chi connectivity index (χ2v) is 3.81. The predicted molar refractivity (Wildman–Crippen MR) is 67.7 cm³/mol. The molecule has 0 aliphatic heterocycles. The molecule has 0 aliphatic rings. The average Bonchev–Trinajstić information content (AvgIpc) is 2.80. The Balaban J connectivity index is 1.77. The van der Waals surface area contributed by atoms with E-state index < -0.39 is 0 Å². The van der Waals surface area contributed by atoms with Crippen LogP contribution in [0.15, 0.2) is 48.8 Å². The minimum atomic E-state index is 0.738. The van der Waals surface area contributed by atoms with Crippen LogP contribution in [0.1, 0.15) is 5.56 Å². The zero-order valence-corrected chi connectivity index (χ0v) is 9.22. The van der Waals surface area contributed by atoms with Crippen molar-refractivity contribution in [3.63, 3.8) is 0 Å². The van der Waals surface area contributed by atoms with Crippen LogP contribution in [0.2, 0.25) is 0 Å². The summed E-state index contributed by atoms with van der Waals surface area (Å²) >= 11 is 0. The Morgan fingerprint density at radius 1 is 1.06 bits per heavy atom. The SMILES string of the molecule is c1ccc2[nH]c(NCc3ccncc3)nc2c1. The van der Waals surface area contributed by atoms with Crippen molar-refractivity contribution in [1.29, 1.82) is 0 Å². The maximum Gasteiger partial charge on any atom is 0.201 e. The van der Waals surface area contributed by atoms with E-state index >= 15 is 0 Å². The average molecular weight is 224 g/mol. The molecule has 0 saturated carbocycles. The van der Waals surface area contributed by atoms with Crippen molar-refractivity contribution in [3.05, 3.63) is 54.4 Å². The number of anilines is 1. The molecule has 2 aromatic heterocycles. The number of benzene rings is 1. The van der Waals surface area contributed by atoms with Crippen LogP contribution in [-0.2, 0) is 6.54 Å². The number of H-pyrrole nitrogens is 1. The van der Waals surface area contributed by atoms with Crippen molar-refractivity contribution in [1.82, 2.24) is 15.0 Å². The third kappa shape index (κ3) is 2.10. The normalized spacial score (nSPS) is 10.6. The molecule has 0 amide bonds. The molecule has 0 spiro atoms. The second-order valence-electron chi connectivity index (χ2n) is 3.81. The first kappa shape index (κ1) is 9.84. The largest absolute Gasteiger partial charge is 0.352 e. The maximum absolute atomic E-state index is 4.45. The minimum Gasteiger partial charge on any atom is -0.352 e. The van der Waals surface area contributed by atoms with Gasteiger partial charge in [0.15, 0.2) is 0 Å². The highest BCUT2D eigenvalue weighted by Crippen LogP contribution is 2.13. The molecule has 3 aromatic rings. The number of imidazole rings is 1. The second kappa shape index (κ2) is 4.25. The van der Waals surface area contributed by atoms with Gasteiger partial charge in [0.25, 0.3) is 0 Å². The molecule has 0 saturated heterocycles. The van der Waals surface area contributed by atoms with E-state index in [1.54, 1.807) is 12.4 Å². The molecule has 2 N–H and O–H groups in total. The molecular weight excluding hydrogens is 212 g/mol. The summed E-state index contributed by atoms with van der Waals surface area (Å²) in [4.78, 5) is 11.7. The van der Waals surface area contributed by atoms with Crippen LogP contribution in [-0.4, -0.2) is 15.0 Å². The van der Waals surface area contributed by atoms with Crippen LogP contribution < -0.4 is 5.32 Å². The van der Waals surface area contributed by atoms with Gasteiger partial charge in [-0.15, -0.1) is 0 Å². The lowest BCUT2D eigenvalue weighted by atomic mass is 10.3. The number of para-hydroxylation sites is 2. The highest BCUT2D eigenvalue weighted by atomic mass is 15.1. The first-order chi connectivity index (χ1) is 8.42. The molecule has 0 atom stereocenters. The fraction of sp³-hybridized carbons (Fsp3) is 0.0769. The van der Waals surface area contributed by atoms with Crippen LogP contribution in [0.25, 0.3) is 11.0 Å². The predicted octanol–water partition coefficient (Wildman–Crippen LogP) is 2.57. The Morgan fingerprint density at radius 2 is 1.88 bits per heavy atom. The Kier molecular flexibility index (Phi) is 2.46. The van der Waals surface area contributed by atoms with Crippen LogP contribution in [0.3, 0.4) is 0 Å². The first-order valence-electron chi connectivity index (χ1n) is 5.49. The number of nitrogens with zero attached hydrogens (tertiary/aromatic N) is 2. The third-order valence-electron chi connectivity index (χ3n) is 2.60. The third-order valence-corrected chi connectivity index (χ3v) is 2.60. The standard InChI is InChI=1S/C13H12N4/c1-2-4-12-11(3-1)16-13(17-12)15-9-10-5-7-14-8-6-10/h1-8H,9H2,(H2,15,16,17). The highest BCUT2D eigenvalue weighted by molar-refractivity contribution is 5.77. The fourth-order valence-electron chi connectivity index (χ4n) is 1.72. The van der Waals surface area contributed by atoms with Gasteiger partial charge >= 0.3 is 0 Å². The molecule has 0 aliphatic carbocycles. The zero-order valence-electron chi connectivity index (χ0n) is 9.22. The highest BCUT2D eigenvalue weighted by Gasteiger charge is 2.00. The molecule has 4 nitrogen and oxygen atoms in total. The van der Waals surface area contributed by atoms with E-state index in [2.05, 4.69) is 20.3 Å². The summed E-state index contributed by atoms with van der Waals surface area (Å²) in [5.41, 5.74) is 3.20. The molecule has 4 heteroatoms. The molecular formula is C13H12N4. The number of nitrogens with one attached hydrogen (secondary N) is 2. The van der Waals surface area contributed by atoms with E-state index in [-0.39, 0.29) is 0 Å². The lowest BCUT2D eigenvalue weighted by molar-refractivity contribution is 1.09. The summed E-state index contributed by atoms with van der Waals surface area (Å²) in [6, 6.07) is 11.9. The summed E-state index contributed by atoms with van der Waals surface area (Å²) in [7, 11) is 0. The van der Waals surface area contributed by atoms with Crippen molar-refractivity contribution in [2.24, 2.45) is 0 Å². The smallest absolute Gasteiger partial charge is 0.201 e. The van der Waals surface area contributed by atoms with Crippen LogP contribution >= 0.6 is 0 Å². The summed E-state index contributed by atoms with van der Waals surface area (Å²) in [5, 5.41) is 3.26. The lowest BCUT2D eigenvalue weighted by Crippen LogP contribution is -2.00. The fourth-order valence-corrected chi connectivity index (χ4v) is 1.72. The summed E-state index contributed by atoms with van der Waals surface area (Å²) < 4.78 is 0. The number of hydrogen-bond donors (Lipinski definition) is 2. The van der Waals surface area contributed by atoms with Gasteiger partial charge in [-0.05, 0) is 29.8 Å². The molecule has 1 aromatic carbocycles. The van der Waals surface area contributed by atoms with Crippen molar-refractivity contribution < 1.29 is 0 Å². The number of rotatable bonds is 3. The van der Waals surface area contributed by atoms with Crippen molar-refractivity contribution in [3.8, 4) is 0 Å². The molecule has 0 fully saturated rings. The zero-order chi connectivity index (χ0) is 11.5. The van der Waals surface area contributed by atoms with Gasteiger partial charge in [0.1, 0.15) is 0 Å². The van der Waals surface area contributed by atoms with Crippen molar-refractivity contribution >= 4 is 17.0 Å². The number of pyridine rings is 1. The van der Waals surface area contributed by atoms with E-state index in [9.17, 15) is 0 Å². The van der Waals surface area contributed by atoms with E-state index in [0.717, 1.165) is 23.5 Å². The first-order valence-corrected chi connectivity index (χ1v) is 5.49. The Bertz CT molecular complexity index is 582. The number of aromatic nitrogens is 3. The minimum absolute atomic E-state index is 0.738. The Hall–Kier alpha value is -2.36. The summed E-state index contributed by atoms with van der Waals surface area (Å²) in [6.45, 7) is 0.738. The van der Waals surface area contributed by atoms with E-state index in [1.807, 2.05) is 36.4 Å². The molecule has 0 radical (unpaired) electrons. The van der Waals surface area contributed by atoms with Gasteiger partial charge < -0.3 is 10.3 Å². The van der Waals surface area contributed by atoms with Crippen LogP contribution in [0, 0.1) is 0 Å². The molecule has 3 rings (SSSR count). The van der Waals surface area contributed by atoms with Crippen molar-refractivity contribution in [2.45, 2.75) is 6.54 Å². The Morgan fingerprint density at radius 3 is 2.71 bits per heavy atom. The van der Waals surface area contributed by atoms with E-state index in [0.29, 0.717) is 0 Å². The Labute approximate surface area is 98.7 Å². The molecule has 84 valence electrons. The number of hydrogen-bond acceptors (Lipinski definition) is 3. The molecule has 0 unspecified atom stereocenters. The van der Waals surface area contributed by atoms with E-state index in [1.165, 1.54) is 5.56 Å². The van der Waals surface area contributed by atoms with Crippen LogP contribution in [0.5, 0.6) is 0 Å². The van der Waals surface area contributed by atoms with Gasteiger partial charge in [0.2, 0.25) is 5.95 Å². The van der Waals surface area contributed by atoms with Gasteiger partial charge in [-0.1, -0.05) is 12.1 Å². The molecule has 17 heavy (non-hydrogen) atoms. The van der Waals surface area contributed by atoms with Gasteiger partial charge in [-0.3, -0.25) is 4.98 Å². The molecule has 0 bridgehead atoms. The number of aromatic amines is 1. The summed E-state index contributed by atoms with van der Waals surface area (Å²) in [6.07, 6.45) is 3.57. The maximum atomic E-state index is 4.45. The topological polar surface area (TPSA) is 53.6 Å². The monoisotopic (exact) mass is 224 g/mol. The lowest BCUT2D eigenvalue weighted by Gasteiger charge is -2.01. The van der Waals surface area contributed by atoms with Gasteiger partial charge in [-0.2, -0.15) is 0 Å². The van der Waals surface area contributed by atoms with Gasteiger partial charge in [0, 0.05) is 18.9 Å². The van der Waals surface area contributed by atoms with Crippen molar-refractivity contribution in [2.75, 3.05) is 5.32 Å².